The van der Waals surface area contributed by atoms with Crippen LogP contribution in [0.15, 0.2) is 36.5 Å². The molecule has 0 saturated heterocycles. The van der Waals surface area contributed by atoms with E-state index >= 15 is 0 Å². The number of aryl methyl sites for hydroxylation is 2. The van der Waals surface area contributed by atoms with E-state index in [0.29, 0.717) is 16.9 Å². The Kier molecular flexibility index (Phi) is 3.28. The van der Waals surface area contributed by atoms with E-state index in [-0.39, 0.29) is 5.91 Å². The molecule has 92 valence electrons. The molecule has 1 aromatic heterocycles. The van der Waals surface area contributed by atoms with Gasteiger partial charge in [0.1, 0.15) is 0 Å². The highest BCUT2D eigenvalue weighted by molar-refractivity contribution is 6.07. The summed E-state index contributed by atoms with van der Waals surface area (Å²) in [5, 5.41) is 2.81. The quantitative estimate of drug-likeness (QED) is 0.794. The Bertz CT molecular complexity index is 593. The molecule has 0 aliphatic rings. The van der Waals surface area contributed by atoms with Gasteiger partial charge < -0.3 is 11.1 Å². The zero-order chi connectivity index (χ0) is 13.1. The summed E-state index contributed by atoms with van der Waals surface area (Å²) in [5.41, 5.74) is 9.34. The molecule has 0 fully saturated rings. The van der Waals surface area contributed by atoms with E-state index in [1.165, 1.54) is 0 Å². The number of amides is 1. The number of benzene rings is 1. The van der Waals surface area contributed by atoms with Crippen molar-refractivity contribution in [3.63, 3.8) is 0 Å². The van der Waals surface area contributed by atoms with E-state index in [2.05, 4.69) is 10.3 Å². The summed E-state index contributed by atoms with van der Waals surface area (Å²) < 4.78 is 0. The zero-order valence-electron chi connectivity index (χ0n) is 10.4. The number of hydrogen-bond acceptors (Lipinski definition) is 3. The van der Waals surface area contributed by atoms with E-state index in [1.54, 1.807) is 24.4 Å². The van der Waals surface area contributed by atoms with Gasteiger partial charge >= 0.3 is 0 Å². The first kappa shape index (κ1) is 12.1. The van der Waals surface area contributed by atoms with Crippen LogP contribution < -0.4 is 11.1 Å². The maximum atomic E-state index is 12.1. The number of anilines is 2. The highest BCUT2D eigenvalue weighted by Crippen LogP contribution is 2.16. The molecule has 0 bridgehead atoms. The van der Waals surface area contributed by atoms with Crippen LogP contribution in [0.3, 0.4) is 0 Å². The second-order valence-electron chi connectivity index (χ2n) is 4.23. The van der Waals surface area contributed by atoms with Gasteiger partial charge in [0.15, 0.2) is 0 Å². The molecular formula is C14H15N3O. The van der Waals surface area contributed by atoms with Gasteiger partial charge in [-0.2, -0.15) is 0 Å². The molecule has 0 spiro atoms. The number of nitrogens with two attached hydrogens (primary N) is 1. The summed E-state index contributed by atoms with van der Waals surface area (Å²) >= 11 is 0. The molecule has 18 heavy (non-hydrogen) atoms. The summed E-state index contributed by atoms with van der Waals surface area (Å²) in [5.74, 6) is -0.207. The molecule has 0 atom stereocenters. The summed E-state index contributed by atoms with van der Waals surface area (Å²) in [6, 6.07) is 8.95. The zero-order valence-corrected chi connectivity index (χ0v) is 10.4. The van der Waals surface area contributed by atoms with Gasteiger partial charge in [0, 0.05) is 23.3 Å². The highest BCUT2D eigenvalue weighted by atomic mass is 16.1. The van der Waals surface area contributed by atoms with Crippen molar-refractivity contribution in [3.05, 3.63) is 53.3 Å². The van der Waals surface area contributed by atoms with Gasteiger partial charge in [-0.3, -0.25) is 9.78 Å². The normalized spacial score (nSPS) is 10.1. The van der Waals surface area contributed by atoms with Crippen molar-refractivity contribution in [3.8, 4) is 0 Å². The van der Waals surface area contributed by atoms with E-state index in [1.807, 2.05) is 26.0 Å². The van der Waals surface area contributed by atoms with Gasteiger partial charge in [0.05, 0.1) is 5.56 Å². The minimum absolute atomic E-state index is 0.207. The van der Waals surface area contributed by atoms with E-state index in [4.69, 9.17) is 5.73 Å². The Morgan fingerprint density at radius 2 is 2.00 bits per heavy atom. The molecule has 0 radical (unpaired) electrons. The number of nitrogen functional groups attached to an aromatic ring is 1. The summed E-state index contributed by atoms with van der Waals surface area (Å²) in [6.07, 6.45) is 1.66. The Morgan fingerprint density at radius 3 is 2.72 bits per heavy atom. The van der Waals surface area contributed by atoms with Gasteiger partial charge in [-0.15, -0.1) is 0 Å². The first-order chi connectivity index (χ1) is 8.56. The number of rotatable bonds is 2. The van der Waals surface area contributed by atoms with Crippen LogP contribution in [0.2, 0.25) is 0 Å². The van der Waals surface area contributed by atoms with Crippen molar-refractivity contribution in [1.29, 1.82) is 0 Å². The molecule has 3 N–H and O–H groups in total. The van der Waals surface area contributed by atoms with Gasteiger partial charge in [-0.05, 0) is 38.1 Å². The van der Waals surface area contributed by atoms with E-state index < -0.39 is 0 Å². The van der Waals surface area contributed by atoms with Crippen LogP contribution in [0.1, 0.15) is 21.6 Å². The molecule has 0 aliphatic carbocycles. The van der Waals surface area contributed by atoms with Crippen LogP contribution in [0, 0.1) is 13.8 Å². The number of nitrogens with zero attached hydrogens (tertiary/aromatic N) is 1. The largest absolute Gasteiger partial charge is 0.398 e. The molecule has 4 heteroatoms. The third-order valence-electron chi connectivity index (χ3n) is 2.61. The smallest absolute Gasteiger partial charge is 0.257 e. The average molecular weight is 241 g/mol. The second kappa shape index (κ2) is 4.87. The van der Waals surface area contributed by atoms with Crippen molar-refractivity contribution < 1.29 is 4.79 Å². The topological polar surface area (TPSA) is 68.0 Å². The first-order valence-electron chi connectivity index (χ1n) is 5.66. The third-order valence-corrected chi connectivity index (χ3v) is 2.61. The van der Waals surface area contributed by atoms with Crippen LogP contribution >= 0.6 is 0 Å². The molecular weight excluding hydrogens is 226 g/mol. The molecule has 1 heterocycles. The minimum atomic E-state index is -0.207. The molecule has 0 aliphatic heterocycles. The number of aromatic nitrogens is 1. The predicted octanol–water partition coefficient (Wildman–Crippen LogP) is 2.53. The number of carbonyl (C=O) groups excluding carboxylic acids is 1. The summed E-state index contributed by atoms with van der Waals surface area (Å²) in [6.45, 7) is 3.80. The number of pyridine rings is 1. The molecule has 2 rings (SSSR count). The van der Waals surface area contributed by atoms with Gasteiger partial charge in [-0.25, -0.2) is 0 Å². The SMILES string of the molecule is Cc1ccc(N)c(C(=O)Nc2ccnc(C)c2)c1. The van der Waals surface area contributed by atoms with Crippen molar-refractivity contribution in [1.82, 2.24) is 4.98 Å². The predicted molar refractivity (Wildman–Crippen MR) is 72.5 cm³/mol. The first-order valence-corrected chi connectivity index (χ1v) is 5.66. The number of carbonyl (C=O) groups is 1. The Hall–Kier alpha value is -2.36. The van der Waals surface area contributed by atoms with Crippen molar-refractivity contribution in [2.45, 2.75) is 13.8 Å². The minimum Gasteiger partial charge on any atom is -0.398 e. The lowest BCUT2D eigenvalue weighted by molar-refractivity contribution is 0.102. The van der Waals surface area contributed by atoms with Gasteiger partial charge in [0.2, 0.25) is 0 Å². The molecule has 1 aromatic carbocycles. The van der Waals surface area contributed by atoms with Crippen LogP contribution in [0.25, 0.3) is 0 Å². The molecule has 1 amide bonds. The third kappa shape index (κ3) is 2.66. The monoisotopic (exact) mass is 241 g/mol. The number of hydrogen-bond donors (Lipinski definition) is 2. The molecule has 4 nitrogen and oxygen atoms in total. The maximum absolute atomic E-state index is 12.1. The standard InChI is InChI=1S/C14H15N3O/c1-9-3-4-13(15)12(7-9)14(18)17-11-5-6-16-10(2)8-11/h3-8H,15H2,1-2H3,(H,16,17,18). The van der Waals surface area contributed by atoms with Crippen molar-refractivity contribution in [2.75, 3.05) is 11.1 Å². The average Bonchev–Trinajstić information content (AvgIpc) is 2.32. The van der Waals surface area contributed by atoms with Crippen LogP contribution in [0.4, 0.5) is 11.4 Å². The molecule has 2 aromatic rings. The summed E-state index contributed by atoms with van der Waals surface area (Å²) in [7, 11) is 0. The molecule has 0 saturated carbocycles. The fourth-order valence-electron chi connectivity index (χ4n) is 1.69. The van der Waals surface area contributed by atoms with Gasteiger partial charge in [0.25, 0.3) is 5.91 Å². The van der Waals surface area contributed by atoms with Crippen LogP contribution in [-0.2, 0) is 0 Å². The maximum Gasteiger partial charge on any atom is 0.257 e. The van der Waals surface area contributed by atoms with Crippen LogP contribution in [-0.4, -0.2) is 10.9 Å². The lowest BCUT2D eigenvalue weighted by Gasteiger charge is -2.08. The van der Waals surface area contributed by atoms with E-state index in [0.717, 1.165) is 11.3 Å². The van der Waals surface area contributed by atoms with Crippen LogP contribution in [0.5, 0.6) is 0 Å². The lowest BCUT2D eigenvalue weighted by atomic mass is 10.1. The Balaban J connectivity index is 2.24. The number of nitrogens with one attached hydrogen (secondary N) is 1. The lowest BCUT2D eigenvalue weighted by Crippen LogP contribution is -2.14. The molecule has 0 unspecified atom stereocenters. The van der Waals surface area contributed by atoms with E-state index in [9.17, 15) is 4.79 Å². The van der Waals surface area contributed by atoms with Crippen molar-refractivity contribution >= 4 is 17.3 Å². The Labute approximate surface area is 106 Å². The fraction of sp³-hybridized carbons (Fsp3) is 0.143. The Morgan fingerprint density at radius 1 is 1.22 bits per heavy atom. The van der Waals surface area contributed by atoms with Gasteiger partial charge in [-0.1, -0.05) is 11.6 Å². The highest BCUT2D eigenvalue weighted by Gasteiger charge is 2.10. The second-order valence-corrected chi connectivity index (χ2v) is 4.23. The fourth-order valence-corrected chi connectivity index (χ4v) is 1.69. The summed E-state index contributed by atoms with van der Waals surface area (Å²) in [4.78, 5) is 16.2. The van der Waals surface area contributed by atoms with Crippen molar-refractivity contribution in [2.24, 2.45) is 0 Å².